The van der Waals surface area contributed by atoms with Crippen molar-refractivity contribution in [3.63, 3.8) is 0 Å². The predicted octanol–water partition coefficient (Wildman–Crippen LogP) is 3.08. The standard InChI is InChI=1S/C15H17F3O4/c1-15(2,3)22-13(19)6-9(14(20)21)4-8-5-11(17)12(18)7-10(8)16/h5,7,9H,4,6H2,1-3H3,(H,20,21). The zero-order valence-electron chi connectivity index (χ0n) is 12.5. The summed E-state index contributed by atoms with van der Waals surface area (Å²) < 4.78 is 44.5. The molecule has 0 heterocycles. The Bertz CT molecular complexity index is 579. The average Bonchev–Trinajstić information content (AvgIpc) is 2.32. The number of esters is 1. The normalized spacial score (nSPS) is 12.8. The van der Waals surface area contributed by atoms with E-state index in [1.165, 1.54) is 0 Å². The van der Waals surface area contributed by atoms with E-state index in [4.69, 9.17) is 9.84 Å². The zero-order chi connectivity index (χ0) is 17.1. The van der Waals surface area contributed by atoms with Crippen LogP contribution in [0.5, 0.6) is 0 Å². The van der Waals surface area contributed by atoms with Crippen LogP contribution in [0.4, 0.5) is 13.2 Å². The molecule has 0 saturated heterocycles. The smallest absolute Gasteiger partial charge is 0.307 e. The fourth-order valence-electron chi connectivity index (χ4n) is 1.82. The predicted molar refractivity (Wildman–Crippen MR) is 71.6 cm³/mol. The first-order valence-corrected chi connectivity index (χ1v) is 6.57. The zero-order valence-corrected chi connectivity index (χ0v) is 12.5. The lowest BCUT2D eigenvalue weighted by atomic mass is 9.95. The molecule has 1 N–H and O–H groups in total. The maximum Gasteiger partial charge on any atom is 0.307 e. The van der Waals surface area contributed by atoms with Crippen molar-refractivity contribution < 1.29 is 32.6 Å². The van der Waals surface area contributed by atoms with E-state index in [1.54, 1.807) is 20.8 Å². The van der Waals surface area contributed by atoms with Gasteiger partial charge in [0.25, 0.3) is 0 Å². The Morgan fingerprint density at radius 1 is 1.14 bits per heavy atom. The molecule has 22 heavy (non-hydrogen) atoms. The highest BCUT2D eigenvalue weighted by Gasteiger charge is 2.27. The third-order valence-electron chi connectivity index (χ3n) is 2.74. The summed E-state index contributed by atoms with van der Waals surface area (Å²) in [6, 6.07) is 0.937. The number of carbonyl (C=O) groups is 2. The number of benzene rings is 1. The Morgan fingerprint density at radius 3 is 2.18 bits per heavy atom. The lowest BCUT2D eigenvalue weighted by Gasteiger charge is -2.21. The Hall–Kier alpha value is -2.05. The second-order valence-corrected chi connectivity index (χ2v) is 5.89. The van der Waals surface area contributed by atoms with Crippen LogP contribution in [-0.4, -0.2) is 22.6 Å². The van der Waals surface area contributed by atoms with E-state index in [-0.39, 0.29) is 5.56 Å². The molecule has 0 aliphatic carbocycles. The number of carbonyl (C=O) groups excluding carboxylic acids is 1. The molecular formula is C15H17F3O4. The van der Waals surface area contributed by atoms with Gasteiger partial charge in [0.2, 0.25) is 0 Å². The van der Waals surface area contributed by atoms with Crippen LogP contribution >= 0.6 is 0 Å². The molecule has 0 fully saturated rings. The SMILES string of the molecule is CC(C)(C)OC(=O)CC(Cc1cc(F)c(F)cc1F)C(=O)O. The molecule has 0 bridgehead atoms. The van der Waals surface area contributed by atoms with Gasteiger partial charge < -0.3 is 9.84 Å². The summed E-state index contributed by atoms with van der Waals surface area (Å²) in [5.41, 5.74) is -1.09. The van der Waals surface area contributed by atoms with Crippen LogP contribution in [0.3, 0.4) is 0 Å². The first-order valence-electron chi connectivity index (χ1n) is 6.57. The van der Waals surface area contributed by atoms with Crippen LogP contribution < -0.4 is 0 Å². The third kappa shape index (κ3) is 5.38. The van der Waals surface area contributed by atoms with E-state index in [0.29, 0.717) is 12.1 Å². The van der Waals surface area contributed by atoms with E-state index >= 15 is 0 Å². The number of hydrogen-bond donors (Lipinski definition) is 1. The van der Waals surface area contributed by atoms with Crippen molar-refractivity contribution in [2.45, 2.75) is 39.2 Å². The number of rotatable bonds is 5. The van der Waals surface area contributed by atoms with Gasteiger partial charge >= 0.3 is 11.9 Å². The highest BCUT2D eigenvalue weighted by molar-refractivity contribution is 5.79. The van der Waals surface area contributed by atoms with Crippen molar-refractivity contribution in [1.29, 1.82) is 0 Å². The van der Waals surface area contributed by atoms with Gasteiger partial charge in [0.15, 0.2) is 11.6 Å². The number of carboxylic acid groups (broad SMARTS) is 1. The highest BCUT2D eigenvalue weighted by atomic mass is 19.2. The van der Waals surface area contributed by atoms with Gasteiger partial charge in [0.1, 0.15) is 11.4 Å². The van der Waals surface area contributed by atoms with Gasteiger partial charge in [-0.15, -0.1) is 0 Å². The Morgan fingerprint density at radius 2 is 1.68 bits per heavy atom. The highest BCUT2D eigenvalue weighted by Crippen LogP contribution is 2.20. The van der Waals surface area contributed by atoms with E-state index < -0.39 is 53.8 Å². The van der Waals surface area contributed by atoms with Crippen LogP contribution in [0.1, 0.15) is 32.8 Å². The van der Waals surface area contributed by atoms with Crippen LogP contribution in [0.15, 0.2) is 12.1 Å². The van der Waals surface area contributed by atoms with Gasteiger partial charge in [-0.2, -0.15) is 0 Å². The molecule has 122 valence electrons. The van der Waals surface area contributed by atoms with Gasteiger partial charge in [-0.3, -0.25) is 9.59 Å². The van der Waals surface area contributed by atoms with Gasteiger partial charge in [-0.05, 0) is 38.8 Å². The summed E-state index contributed by atoms with van der Waals surface area (Å²) in [7, 11) is 0. The maximum absolute atomic E-state index is 13.5. The molecule has 0 radical (unpaired) electrons. The maximum atomic E-state index is 13.5. The molecular weight excluding hydrogens is 301 g/mol. The minimum absolute atomic E-state index is 0.310. The fourth-order valence-corrected chi connectivity index (χ4v) is 1.82. The first kappa shape index (κ1) is 18.0. The van der Waals surface area contributed by atoms with Gasteiger partial charge in [-0.1, -0.05) is 0 Å². The van der Waals surface area contributed by atoms with Crippen LogP contribution in [0.25, 0.3) is 0 Å². The Labute approximate surface area is 125 Å². The topological polar surface area (TPSA) is 63.6 Å². The largest absolute Gasteiger partial charge is 0.481 e. The summed E-state index contributed by atoms with van der Waals surface area (Å²) in [5.74, 6) is -7.11. The summed E-state index contributed by atoms with van der Waals surface area (Å²) in [6.07, 6.45) is -0.942. The van der Waals surface area contributed by atoms with Gasteiger partial charge in [-0.25, -0.2) is 13.2 Å². The molecule has 0 aromatic heterocycles. The molecule has 1 aromatic carbocycles. The lowest BCUT2D eigenvalue weighted by Crippen LogP contribution is -2.28. The molecule has 0 aliphatic heterocycles. The summed E-state index contributed by atoms with van der Waals surface area (Å²) >= 11 is 0. The van der Waals surface area contributed by atoms with Gasteiger partial charge in [0.05, 0.1) is 12.3 Å². The number of hydrogen-bond acceptors (Lipinski definition) is 3. The van der Waals surface area contributed by atoms with Crippen molar-refractivity contribution in [3.8, 4) is 0 Å². The summed E-state index contributed by atoms with van der Waals surface area (Å²) in [6.45, 7) is 4.86. The minimum Gasteiger partial charge on any atom is -0.481 e. The quantitative estimate of drug-likeness (QED) is 0.669. The Kier molecular flexibility index (Phi) is 5.57. The van der Waals surface area contributed by atoms with E-state index in [9.17, 15) is 22.8 Å². The first-order chi connectivity index (χ1) is 9.99. The lowest BCUT2D eigenvalue weighted by molar-refractivity contribution is -0.159. The second kappa shape index (κ2) is 6.81. The number of aliphatic carboxylic acids is 1. The molecule has 0 saturated carbocycles. The molecule has 0 aliphatic rings. The Balaban J connectivity index is 2.88. The molecule has 1 atom stereocenters. The molecule has 4 nitrogen and oxygen atoms in total. The van der Waals surface area contributed by atoms with Crippen molar-refractivity contribution in [1.82, 2.24) is 0 Å². The van der Waals surface area contributed by atoms with E-state index in [1.807, 2.05) is 0 Å². The minimum atomic E-state index is -1.36. The molecule has 1 unspecified atom stereocenters. The molecule has 0 spiro atoms. The van der Waals surface area contributed by atoms with Crippen molar-refractivity contribution in [3.05, 3.63) is 35.1 Å². The van der Waals surface area contributed by atoms with E-state index in [0.717, 1.165) is 0 Å². The molecule has 1 rings (SSSR count). The van der Waals surface area contributed by atoms with Crippen LogP contribution in [0.2, 0.25) is 0 Å². The van der Waals surface area contributed by atoms with E-state index in [2.05, 4.69) is 0 Å². The molecule has 7 heteroatoms. The number of carboxylic acids is 1. The molecule has 1 aromatic rings. The second-order valence-electron chi connectivity index (χ2n) is 5.89. The van der Waals surface area contributed by atoms with Crippen LogP contribution in [0, 0.1) is 23.4 Å². The third-order valence-corrected chi connectivity index (χ3v) is 2.74. The average molecular weight is 318 g/mol. The number of halogens is 3. The number of ether oxygens (including phenoxy) is 1. The monoisotopic (exact) mass is 318 g/mol. The van der Waals surface area contributed by atoms with Crippen molar-refractivity contribution in [2.24, 2.45) is 5.92 Å². The fraction of sp³-hybridized carbons (Fsp3) is 0.467. The van der Waals surface area contributed by atoms with Gasteiger partial charge in [0, 0.05) is 6.07 Å². The van der Waals surface area contributed by atoms with Crippen molar-refractivity contribution in [2.75, 3.05) is 0 Å². The summed E-state index contributed by atoms with van der Waals surface area (Å²) in [4.78, 5) is 22.8. The summed E-state index contributed by atoms with van der Waals surface area (Å²) in [5, 5.41) is 9.10. The van der Waals surface area contributed by atoms with Crippen LogP contribution in [-0.2, 0) is 20.7 Å². The molecule has 0 amide bonds. The van der Waals surface area contributed by atoms with Crippen molar-refractivity contribution >= 4 is 11.9 Å².